The summed E-state index contributed by atoms with van der Waals surface area (Å²) in [4.78, 5) is 13.2. The van der Waals surface area contributed by atoms with Crippen LogP contribution < -0.4 is 14.4 Å². The topological polar surface area (TPSA) is 75.7 Å². The van der Waals surface area contributed by atoms with E-state index >= 15 is 0 Å². The Balaban J connectivity index is 1.61. The first-order chi connectivity index (χ1) is 16.8. The normalized spacial score (nSPS) is 11.0. The predicted molar refractivity (Wildman–Crippen MR) is 138 cm³/mol. The van der Waals surface area contributed by atoms with Crippen molar-refractivity contribution in [3.05, 3.63) is 114 Å². The molecular weight excluding hydrogens is 460 g/mol. The van der Waals surface area contributed by atoms with Gasteiger partial charge in [0, 0.05) is 0 Å². The number of amides is 1. The summed E-state index contributed by atoms with van der Waals surface area (Å²) >= 11 is 0. The van der Waals surface area contributed by atoms with E-state index in [-0.39, 0.29) is 4.90 Å². The van der Waals surface area contributed by atoms with Gasteiger partial charge in [-0.25, -0.2) is 8.42 Å². The third kappa shape index (κ3) is 5.88. The van der Waals surface area contributed by atoms with Crippen LogP contribution in [-0.4, -0.2) is 20.9 Å². The van der Waals surface area contributed by atoms with Gasteiger partial charge in [-0.2, -0.15) is 0 Å². The second kappa shape index (κ2) is 10.4. The molecule has 6 nitrogen and oxygen atoms in total. The number of sulfonamides is 1. The number of rotatable bonds is 8. The summed E-state index contributed by atoms with van der Waals surface area (Å²) in [6, 6.07) is 29.8. The van der Waals surface area contributed by atoms with E-state index < -0.39 is 22.5 Å². The molecule has 7 heteroatoms. The molecule has 0 spiro atoms. The number of anilines is 2. The highest BCUT2D eigenvalue weighted by Gasteiger charge is 2.27. The molecule has 0 aromatic heterocycles. The molecule has 0 bridgehead atoms. The molecule has 0 radical (unpaired) electrons. The van der Waals surface area contributed by atoms with Gasteiger partial charge in [0.15, 0.2) is 5.75 Å². The summed E-state index contributed by atoms with van der Waals surface area (Å²) in [5, 5.41) is 2.81. The van der Waals surface area contributed by atoms with E-state index in [1.807, 2.05) is 56.3 Å². The van der Waals surface area contributed by atoms with Crippen molar-refractivity contribution in [3.63, 3.8) is 0 Å². The van der Waals surface area contributed by atoms with Gasteiger partial charge in [-0.05, 0) is 62.4 Å². The predicted octanol–water partition coefficient (Wildman–Crippen LogP) is 5.93. The number of nitrogens with zero attached hydrogens (tertiary/aromatic N) is 1. The zero-order chi connectivity index (χ0) is 24.8. The van der Waals surface area contributed by atoms with E-state index in [9.17, 15) is 13.2 Å². The van der Waals surface area contributed by atoms with Crippen LogP contribution in [0.1, 0.15) is 11.1 Å². The van der Waals surface area contributed by atoms with Crippen LogP contribution in [0.15, 0.2) is 108 Å². The lowest BCUT2D eigenvalue weighted by molar-refractivity contribution is -0.114. The SMILES string of the molecule is Cc1ccc(N(CC(=O)Nc2ccccc2Oc2ccccc2)S(=O)(=O)c2ccc(C)cc2)cc1. The molecule has 1 N–H and O–H groups in total. The second-order valence-electron chi connectivity index (χ2n) is 8.12. The van der Waals surface area contributed by atoms with Crippen molar-refractivity contribution in [2.45, 2.75) is 18.7 Å². The van der Waals surface area contributed by atoms with Gasteiger partial charge in [0.2, 0.25) is 5.91 Å². The van der Waals surface area contributed by atoms with E-state index in [1.54, 1.807) is 60.7 Å². The molecule has 0 unspecified atom stereocenters. The first kappa shape index (κ1) is 24.0. The van der Waals surface area contributed by atoms with Crippen LogP contribution in [0.25, 0.3) is 0 Å². The van der Waals surface area contributed by atoms with Gasteiger partial charge in [0.05, 0.1) is 16.3 Å². The average molecular weight is 487 g/mol. The molecule has 1 amide bonds. The molecule has 4 aromatic carbocycles. The standard InChI is InChI=1S/C28H26N2O4S/c1-21-12-16-23(17-13-21)30(35(32,33)25-18-14-22(2)15-19-25)20-28(31)29-26-10-6-7-11-27(26)34-24-8-4-3-5-9-24/h3-19H,20H2,1-2H3,(H,29,31). The minimum Gasteiger partial charge on any atom is -0.455 e. The van der Waals surface area contributed by atoms with Crippen LogP contribution in [0.4, 0.5) is 11.4 Å². The van der Waals surface area contributed by atoms with Crippen LogP contribution in [-0.2, 0) is 14.8 Å². The Kier molecular flexibility index (Phi) is 7.17. The summed E-state index contributed by atoms with van der Waals surface area (Å²) in [7, 11) is -3.99. The second-order valence-corrected chi connectivity index (χ2v) is 9.98. The molecular formula is C28H26N2O4S. The van der Waals surface area contributed by atoms with Crippen molar-refractivity contribution in [1.29, 1.82) is 0 Å². The molecule has 4 rings (SSSR count). The van der Waals surface area contributed by atoms with E-state index in [4.69, 9.17) is 4.74 Å². The maximum Gasteiger partial charge on any atom is 0.264 e. The highest BCUT2D eigenvalue weighted by Crippen LogP contribution is 2.30. The van der Waals surface area contributed by atoms with E-state index in [1.165, 1.54) is 0 Å². The Morgan fingerprint density at radius 2 is 1.34 bits per heavy atom. The molecule has 4 aromatic rings. The number of aryl methyl sites for hydroxylation is 2. The Morgan fingerprint density at radius 3 is 2.00 bits per heavy atom. The van der Waals surface area contributed by atoms with E-state index in [0.29, 0.717) is 22.9 Å². The fraction of sp³-hybridized carbons (Fsp3) is 0.107. The lowest BCUT2D eigenvalue weighted by Gasteiger charge is -2.24. The Morgan fingerprint density at radius 1 is 0.771 bits per heavy atom. The van der Waals surface area contributed by atoms with Crippen LogP contribution >= 0.6 is 0 Å². The lowest BCUT2D eigenvalue weighted by atomic mass is 10.2. The quantitative estimate of drug-likeness (QED) is 0.335. The minimum absolute atomic E-state index is 0.115. The summed E-state index contributed by atoms with van der Waals surface area (Å²) < 4.78 is 34.1. The van der Waals surface area contributed by atoms with Crippen molar-refractivity contribution in [1.82, 2.24) is 0 Å². The van der Waals surface area contributed by atoms with Crippen molar-refractivity contribution in [2.24, 2.45) is 0 Å². The fourth-order valence-corrected chi connectivity index (χ4v) is 4.88. The molecule has 178 valence electrons. The number of hydrogen-bond donors (Lipinski definition) is 1. The number of para-hydroxylation sites is 3. The largest absolute Gasteiger partial charge is 0.455 e. The van der Waals surface area contributed by atoms with Crippen molar-refractivity contribution in [2.75, 3.05) is 16.2 Å². The highest BCUT2D eigenvalue weighted by molar-refractivity contribution is 7.92. The van der Waals surface area contributed by atoms with Crippen LogP contribution in [0.5, 0.6) is 11.5 Å². The Hall–Kier alpha value is -4.10. The number of hydrogen-bond acceptors (Lipinski definition) is 4. The molecule has 0 aliphatic heterocycles. The van der Waals surface area contributed by atoms with Crippen LogP contribution in [0.3, 0.4) is 0 Å². The first-order valence-electron chi connectivity index (χ1n) is 11.1. The van der Waals surface area contributed by atoms with Gasteiger partial charge in [-0.1, -0.05) is 65.7 Å². The third-order valence-corrected chi connectivity index (χ3v) is 7.14. The summed E-state index contributed by atoms with van der Waals surface area (Å²) in [5.74, 6) is 0.582. The first-order valence-corrected chi connectivity index (χ1v) is 12.5. The summed E-state index contributed by atoms with van der Waals surface area (Å²) in [6.07, 6.45) is 0. The molecule has 0 saturated heterocycles. The fourth-order valence-electron chi connectivity index (χ4n) is 3.46. The number of carbonyl (C=O) groups is 1. The molecule has 35 heavy (non-hydrogen) atoms. The van der Waals surface area contributed by atoms with Gasteiger partial charge in [0.1, 0.15) is 12.3 Å². The number of nitrogens with one attached hydrogen (secondary N) is 1. The third-order valence-electron chi connectivity index (χ3n) is 5.35. The van der Waals surface area contributed by atoms with Gasteiger partial charge in [-0.3, -0.25) is 9.10 Å². The molecule has 0 heterocycles. The highest BCUT2D eigenvalue weighted by atomic mass is 32.2. The van der Waals surface area contributed by atoms with Crippen molar-refractivity contribution < 1.29 is 17.9 Å². The zero-order valence-corrected chi connectivity index (χ0v) is 20.3. The maximum atomic E-state index is 13.5. The van der Waals surface area contributed by atoms with Crippen molar-refractivity contribution >= 4 is 27.3 Å². The van der Waals surface area contributed by atoms with Gasteiger partial charge in [-0.15, -0.1) is 0 Å². The molecule has 0 atom stereocenters. The number of benzene rings is 4. The smallest absolute Gasteiger partial charge is 0.264 e. The zero-order valence-electron chi connectivity index (χ0n) is 19.5. The van der Waals surface area contributed by atoms with Crippen molar-refractivity contribution in [3.8, 4) is 11.5 Å². The molecule has 0 saturated carbocycles. The van der Waals surface area contributed by atoms with Gasteiger partial charge < -0.3 is 10.1 Å². The summed E-state index contributed by atoms with van der Waals surface area (Å²) in [5.41, 5.74) is 2.77. The van der Waals surface area contributed by atoms with Crippen LogP contribution in [0, 0.1) is 13.8 Å². The van der Waals surface area contributed by atoms with Crippen LogP contribution in [0.2, 0.25) is 0 Å². The maximum absolute atomic E-state index is 13.5. The Bertz CT molecular complexity index is 1400. The van der Waals surface area contributed by atoms with E-state index in [2.05, 4.69) is 5.32 Å². The monoisotopic (exact) mass is 486 g/mol. The lowest BCUT2D eigenvalue weighted by Crippen LogP contribution is -2.38. The Labute approximate surface area is 205 Å². The number of ether oxygens (including phenoxy) is 1. The van der Waals surface area contributed by atoms with E-state index in [0.717, 1.165) is 15.4 Å². The summed E-state index contributed by atoms with van der Waals surface area (Å²) in [6.45, 7) is 3.40. The minimum atomic E-state index is -3.99. The molecule has 0 aliphatic carbocycles. The molecule has 0 aliphatic rings. The number of carbonyl (C=O) groups excluding carboxylic acids is 1. The molecule has 0 fully saturated rings. The average Bonchev–Trinajstić information content (AvgIpc) is 2.85. The van der Waals surface area contributed by atoms with Gasteiger partial charge in [0.25, 0.3) is 10.0 Å². The van der Waals surface area contributed by atoms with Gasteiger partial charge >= 0.3 is 0 Å².